The van der Waals surface area contributed by atoms with Gasteiger partial charge in [0.05, 0.1) is 0 Å². The Hall–Kier alpha value is -2.58. The molecule has 0 radical (unpaired) electrons. The van der Waals surface area contributed by atoms with Crippen LogP contribution >= 0.6 is 0 Å². The fourth-order valence-corrected chi connectivity index (χ4v) is 4.25. The molecule has 37 heavy (non-hydrogen) atoms. The molecule has 0 spiro atoms. The van der Waals surface area contributed by atoms with Crippen LogP contribution in [0.1, 0.15) is 57.6 Å². The molecule has 0 aliphatic rings. The molecule has 0 aliphatic carbocycles. The number of alkyl halides is 9. The number of hydrogen-bond acceptors (Lipinski definition) is 5. The average Bonchev–Trinajstić information content (AvgIpc) is 2.81. The van der Waals surface area contributed by atoms with Gasteiger partial charge in [0, 0.05) is 23.4 Å². The molecule has 0 fully saturated rings. The molecule has 2 rings (SSSR count). The Kier molecular flexibility index (Phi) is 9.14. The Balaban J connectivity index is 2.31. The smallest absolute Gasteiger partial charge is 0.378 e. The van der Waals surface area contributed by atoms with Gasteiger partial charge in [-0.25, -0.2) is 9.97 Å². The lowest BCUT2D eigenvalue weighted by atomic mass is 9.93. The first-order valence-electron chi connectivity index (χ1n) is 11.0. The molecule has 5 nitrogen and oxygen atoms in total. The van der Waals surface area contributed by atoms with Gasteiger partial charge in [0.15, 0.2) is 5.82 Å². The Morgan fingerprint density at radius 3 is 1.95 bits per heavy atom. The molecule has 1 unspecified atom stereocenters. The summed E-state index contributed by atoms with van der Waals surface area (Å²) in [6.07, 6.45) is -1.13. The molecule has 2 aromatic rings. The Morgan fingerprint density at radius 1 is 0.838 bits per heavy atom. The molecular weight excluding hydrogens is 543 g/mol. The van der Waals surface area contributed by atoms with Crippen molar-refractivity contribution < 1.29 is 52.1 Å². The van der Waals surface area contributed by atoms with Crippen LogP contribution in [0.2, 0.25) is 0 Å². The van der Waals surface area contributed by atoms with Crippen molar-refractivity contribution in [1.82, 2.24) is 9.97 Å². The summed E-state index contributed by atoms with van der Waals surface area (Å²) in [4.78, 5) is 8.54. The van der Waals surface area contributed by atoms with Crippen LogP contribution in [0.5, 0.6) is 5.75 Å². The van der Waals surface area contributed by atoms with Crippen molar-refractivity contribution >= 4 is 10.1 Å². The summed E-state index contributed by atoms with van der Waals surface area (Å²) < 4.78 is 145. The van der Waals surface area contributed by atoms with Crippen LogP contribution in [0.3, 0.4) is 0 Å². The zero-order chi connectivity index (χ0) is 28.3. The summed E-state index contributed by atoms with van der Waals surface area (Å²) in [7, 11) is -7.02. The molecule has 0 saturated carbocycles. The van der Waals surface area contributed by atoms with E-state index >= 15 is 0 Å². The van der Waals surface area contributed by atoms with E-state index in [1.54, 1.807) is 6.07 Å². The molecule has 0 N–H and O–H groups in total. The van der Waals surface area contributed by atoms with Crippen molar-refractivity contribution in [3.05, 3.63) is 42.2 Å². The van der Waals surface area contributed by atoms with Crippen LogP contribution in [0, 0.1) is 0 Å². The molecule has 1 atom stereocenters. The van der Waals surface area contributed by atoms with E-state index in [2.05, 4.69) is 14.2 Å². The standard InChI is InChI=1S/C22H23F9N2O3S/c1-3-5-7-14(6-4-2)17-12-13-32-18(33-17)15-8-10-16(11-9-15)36-37(34,35)22(30,31)20(25,26)19(23,24)21(27,28)29/h8-14H,3-7H2,1-2H3. The Bertz CT molecular complexity index is 1150. The van der Waals surface area contributed by atoms with Gasteiger partial charge in [-0.15, -0.1) is 0 Å². The minimum Gasteiger partial charge on any atom is -0.378 e. The first-order valence-corrected chi connectivity index (χ1v) is 12.4. The summed E-state index contributed by atoms with van der Waals surface area (Å²) in [5, 5.41) is -6.94. The maximum absolute atomic E-state index is 13.8. The van der Waals surface area contributed by atoms with Crippen LogP contribution in [-0.4, -0.2) is 41.7 Å². The van der Waals surface area contributed by atoms with E-state index in [1.165, 1.54) is 6.20 Å². The van der Waals surface area contributed by atoms with E-state index in [0.29, 0.717) is 12.1 Å². The van der Waals surface area contributed by atoms with Gasteiger partial charge >= 0.3 is 33.4 Å². The van der Waals surface area contributed by atoms with Crippen LogP contribution in [0.15, 0.2) is 36.5 Å². The lowest BCUT2D eigenvalue weighted by Gasteiger charge is -2.32. The third kappa shape index (κ3) is 6.12. The van der Waals surface area contributed by atoms with Gasteiger partial charge in [-0.3, -0.25) is 0 Å². The Morgan fingerprint density at radius 2 is 1.43 bits per heavy atom. The zero-order valence-electron chi connectivity index (χ0n) is 19.5. The minimum absolute atomic E-state index is 0.137. The fourth-order valence-electron chi connectivity index (χ4n) is 3.33. The minimum atomic E-state index is -7.38. The van der Waals surface area contributed by atoms with Crippen LogP contribution in [-0.2, 0) is 10.1 Å². The molecule has 0 aliphatic heterocycles. The number of aromatic nitrogens is 2. The molecule has 208 valence electrons. The lowest BCUT2D eigenvalue weighted by Crippen LogP contribution is -2.63. The van der Waals surface area contributed by atoms with Gasteiger partial charge in [0.2, 0.25) is 0 Å². The molecule has 0 bridgehead atoms. The fraction of sp³-hybridized carbons (Fsp3) is 0.545. The lowest BCUT2D eigenvalue weighted by molar-refractivity contribution is -0.382. The third-order valence-corrected chi connectivity index (χ3v) is 6.68. The number of benzene rings is 1. The van der Waals surface area contributed by atoms with E-state index in [4.69, 9.17) is 0 Å². The summed E-state index contributed by atoms with van der Waals surface area (Å²) in [6.45, 7) is 4.05. The van der Waals surface area contributed by atoms with Crippen LogP contribution < -0.4 is 4.18 Å². The second-order valence-electron chi connectivity index (χ2n) is 8.16. The molecular formula is C22H23F9N2O3S. The topological polar surface area (TPSA) is 69.2 Å². The quantitative estimate of drug-likeness (QED) is 0.199. The highest BCUT2D eigenvalue weighted by molar-refractivity contribution is 7.88. The third-order valence-electron chi connectivity index (χ3n) is 5.39. The van der Waals surface area contributed by atoms with Crippen molar-refractivity contribution in [2.75, 3.05) is 0 Å². The van der Waals surface area contributed by atoms with Crippen molar-refractivity contribution in [2.45, 2.75) is 75.1 Å². The van der Waals surface area contributed by atoms with Gasteiger partial charge in [-0.1, -0.05) is 33.1 Å². The predicted molar refractivity (Wildman–Crippen MR) is 115 cm³/mol. The van der Waals surface area contributed by atoms with Crippen LogP contribution in [0.25, 0.3) is 11.4 Å². The summed E-state index contributed by atoms with van der Waals surface area (Å²) in [6, 6.07) is 5.29. The molecule has 1 heterocycles. The summed E-state index contributed by atoms with van der Waals surface area (Å²) in [5.41, 5.74) is 0.966. The van der Waals surface area contributed by atoms with Crippen molar-refractivity contribution in [1.29, 1.82) is 0 Å². The highest BCUT2D eigenvalue weighted by Crippen LogP contribution is 2.55. The summed E-state index contributed by atoms with van der Waals surface area (Å²) >= 11 is 0. The zero-order valence-corrected chi connectivity index (χ0v) is 20.3. The van der Waals surface area contributed by atoms with Gasteiger partial charge < -0.3 is 4.18 Å². The molecule has 15 heteroatoms. The van der Waals surface area contributed by atoms with Crippen molar-refractivity contribution in [3.63, 3.8) is 0 Å². The van der Waals surface area contributed by atoms with Gasteiger partial charge in [-0.2, -0.15) is 47.9 Å². The summed E-state index contributed by atoms with van der Waals surface area (Å²) in [5.74, 6) is -15.5. The SMILES string of the molecule is CCCCC(CCC)c1ccnc(-c2ccc(OS(=O)(=O)C(F)(F)C(F)(F)C(F)(F)C(F)(F)F)cc2)n1. The van der Waals surface area contributed by atoms with Crippen molar-refractivity contribution in [2.24, 2.45) is 0 Å². The van der Waals surface area contributed by atoms with E-state index < -0.39 is 39.1 Å². The number of hydrogen-bond donors (Lipinski definition) is 0. The predicted octanol–water partition coefficient (Wildman–Crippen LogP) is 7.35. The van der Waals surface area contributed by atoms with Gasteiger partial charge in [0.1, 0.15) is 5.75 Å². The highest BCUT2D eigenvalue weighted by atomic mass is 32.2. The van der Waals surface area contributed by atoms with Crippen molar-refractivity contribution in [3.8, 4) is 17.1 Å². The first kappa shape index (κ1) is 30.6. The normalized spacial score (nSPS) is 14.5. The molecule has 1 aromatic heterocycles. The number of nitrogens with zero attached hydrogens (tertiary/aromatic N) is 2. The number of rotatable bonds is 12. The average molecular weight is 566 g/mol. The number of unbranched alkanes of at least 4 members (excludes halogenated alkanes) is 1. The van der Waals surface area contributed by atoms with Gasteiger partial charge in [-0.05, 0) is 43.2 Å². The van der Waals surface area contributed by atoms with E-state index in [-0.39, 0.29) is 17.3 Å². The van der Waals surface area contributed by atoms with E-state index in [1.807, 2.05) is 13.8 Å². The molecule has 0 saturated heterocycles. The largest absolute Gasteiger partial charge is 0.460 e. The second-order valence-corrected chi connectivity index (χ2v) is 9.75. The van der Waals surface area contributed by atoms with E-state index in [9.17, 15) is 47.9 Å². The molecule has 1 aromatic carbocycles. The second kappa shape index (κ2) is 11.0. The maximum Gasteiger partial charge on any atom is 0.460 e. The highest BCUT2D eigenvalue weighted by Gasteiger charge is 2.86. The maximum atomic E-state index is 13.8. The Labute approximate surface area is 207 Å². The van der Waals surface area contributed by atoms with Gasteiger partial charge in [0.25, 0.3) is 0 Å². The van der Waals surface area contributed by atoms with E-state index in [0.717, 1.165) is 49.9 Å². The monoisotopic (exact) mass is 566 g/mol. The first-order chi connectivity index (χ1) is 16.9. The molecule has 0 amide bonds. The van der Waals surface area contributed by atoms with Crippen LogP contribution in [0.4, 0.5) is 39.5 Å². The number of halogens is 9.